The lowest BCUT2D eigenvalue weighted by Gasteiger charge is -2.20. The van der Waals surface area contributed by atoms with Gasteiger partial charge in [-0.1, -0.05) is 35.0 Å². The van der Waals surface area contributed by atoms with Crippen LogP contribution >= 0.6 is 15.9 Å². The molecule has 1 aliphatic heterocycles. The zero-order valence-electron chi connectivity index (χ0n) is 12.6. The smallest absolute Gasteiger partial charge is 0.0576 e. The Labute approximate surface area is 131 Å². The summed E-state index contributed by atoms with van der Waals surface area (Å²) < 4.78 is 6.91. The van der Waals surface area contributed by atoms with Gasteiger partial charge in [-0.2, -0.15) is 0 Å². The molecule has 1 heterocycles. The molecule has 1 aromatic rings. The Morgan fingerprint density at radius 3 is 2.95 bits per heavy atom. The summed E-state index contributed by atoms with van der Waals surface area (Å²) in [6.45, 7) is 6.28. The van der Waals surface area contributed by atoms with E-state index < -0.39 is 0 Å². The summed E-state index contributed by atoms with van der Waals surface area (Å²) in [4.78, 5) is 0. The fraction of sp³-hybridized carbons (Fsp3) is 0.647. The van der Waals surface area contributed by atoms with Crippen LogP contribution in [0.3, 0.4) is 0 Å². The summed E-state index contributed by atoms with van der Waals surface area (Å²) in [7, 11) is 0. The van der Waals surface area contributed by atoms with Crippen LogP contribution in [0, 0.1) is 6.92 Å². The van der Waals surface area contributed by atoms with E-state index in [1.807, 2.05) is 0 Å². The van der Waals surface area contributed by atoms with Crippen LogP contribution in [0.4, 0.5) is 0 Å². The predicted octanol–water partition coefficient (Wildman–Crippen LogP) is 4.76. The van der Waals surface area contributed by atoms with Crippen LogP contribution < -0.4 is 5.32 Å². The Morgan fingerprint density at radius 2 is 2.30 bits per heavy atom. The van der Waals surface area contributed by atoms with Gasteiger partial charge in [0.2, 0.25) is 0 Å². The lowest BCUT2D eigenvalue weighted by molar-refractivity contribution is 0.101. The quantitative estimate of drug-likeness (QED) is 0.773. The van der Waals surface area contributed by atoms with Crippen molar-refractivity contribution in [1.29, 1.82) is 0 Å². The SMILES string of the molecule is CCNC(CCCC1CCCO1)c1ccc(C)c(Br)c1. The standard InChI is InChI=1S/C17H26BrNO/c1-3-19-17(8-4-6-15-7-5-11-20-15)14-10-9-13(2)16(18)12-14/h9-10,12,15,17,19H,3-8,11H2,1-2H3. The number of aryl methyl sites for hydroxylation is 1. The average molecular weight is 340 g/mol. The molecule has 1 aromatic carbocycles. The van der Waals surface area contributed by atoms with E-state index in [0.29, 0.717) is 12.1 Å². The molecule has 1 N–H and O–H groups in total. The van der Waals surface area contributed by atoms with Crippen molar-refractivity contribution in [3.05, 3.63) is 33.8 Å². The molecule has 20 heavy (non-hydrogen) atoms. The number of ether oxygens (including phenoxy) is 1. The van der Waals surface area contributed by atoms with Gasteiger partial charge < -0.3 is 10.1 Å². The summed E-state index contributed by atoms with van der Waals surface area (Å²) in [5, 5.41) is 3.61. The minimum Gasteiger partial charge on any atom is -0.378 e. The van der Waals surface area contributed by atoms with Crippen molar-refractivity contribution in [2.24, 2.45) is 0 Å². The molecule has 1 fully saturated rings. The maximum absolute atomic E-state index is 5.71. The van der Waals surface area contributed by atoms with Gasteiger partial charge in [-0.05, 0) is 62.8 Å². The molecule has 0 radical (unpaired) electrons. The number of nitrogens with one attached hydrogen (secondary N) is 1. The molecule has 0 amide bonds. The number of hydrogen-bond donors (Lipinski definition) is 1. The number of halogens is 1. The van der Waals surface area contributed by atoms with Gasteiger partial charge in [0.15, 0.2) is 0 Å². The third kappa shape index (κ3) is 4.57. The molecule has 2 nitrogen and oxygen atoms in total. The van der Waals surface area contributed by atoms with Crippen molar-refractivity contribution in [2.45, 2.75) is 58.1 Å². The lowest BCUT2D eigenvalue weighted by atomic mass is 9.98. The molecule has 2 rings (SSSR count). The highest BCUT2D eigenvalue weighted by Crippen LogP contribution is 2.26. The number of hydrogen-bond acceptors (Lipinski definition) is 2. The molecule has 2 unspecified atom stereocenters. The fourth-order valence-electron chi connectivity index (χ4n) is 2.88. The summed E-state index contributed by atoms with van der Waals surface area (Å²) in [6, 6.07) is 7.16. The maximum Gasteiger partial charge on any atom is 0.0576 e. The summed E-state index contributed by atoms with van der Waals surface area (Å²) in [6.07, 6.45) is 6.63. The second kappa shape index (κ2) is 8.16. The van der Waals surface area contributed by atoms with Crippen LogP contribution in [0.5, 0.6) is 0 Å². The Bertz CT molecular complexity index is 415. The first-order valence-corrected chi connectivity index (χ1v) is 8.61. The zero-order chi connectivity index (χ0) is 14.4. The largest absolute Gasteiger partial charge is 0.378 e. The molecule has 0 aromatic heterocycles. The highest BCUT2D eigenvalue weighted by Gasteiger charge is 2.17. The van der Waals surface area contributed by atoms with E-state index in [4.69, 9.17) is 4.74 Å². The third-order valence-electron chi connectivity index (χ3n) is 4.09. The van der Waals surface area contributed by atoms with Gasteiger partial charge in [-0.3, -0.25) is 0 Å². The summed E-state index contributed by atoms with van der Waals surface area (Å²) >= 11 is 3.64. The Morgan fingerprint density at radius 1 is 1.45 bits per heavy atom. The van der Waals surface area contributed by atoms with Gasteiger partial charge in [0.1, 0.15) is 0 Å². The zero-order valence-corrected chi connectivity index (χ0v) is 14.2. The van der Waals surface area contributed by atoms with Crippen molar-refractivity contribution in [3.63, 3.8) is 0 Å². The Hall–Kier alpha value is -0.380. The Balaban J connectivity index is 1.89. The van der Waals surface area contributed by atoms with E-state index in [9.17, 15) is 0 Å². The van der Waals surface area contributed by atoms with Gasteiger partial charge in [-0.25, -0.2) is 0 Å². The number of rotatable bonds is 7. The van der Waals surface area contributed by atoms with Gasteiger partial charge in [-0.15, -0.1) is 0 Å². The Kier molecular flexibility index (Phi) is 6.53. The first-order valence-electron chi connectivity index (χ1n) is 7.81. The van der Waals surface area contributed by atoms with Crippen LogP contribution in [0.25, 0.3) is 0 Å². The molecule has 2 atom stereocenters. The van der Waals surface area contributed by atoms with Gasteiger partial charge >= 0.3 is 0 Å². The topological polar surface area (TPSA) is 21.3 Å². The van der Waals surface area contributed by atoms with Gasteiger partial charge in [0.05, 0.1) is 6.10 Å². The van der Waals surface area contributed by atoms with Crippen LogP contribution in [0.15, 0.2) is 22.7 Å². The highest BCUT2D eigenvalue weighted by atomic mass is 79.9. The molecule has 3 heteroatoms. The van der Waals surface area contributed by atoms with E-state index in [-0.39, 0.29) is 0 Å². The molecule has 0 saturated carbocycles. The molecule has 0 aliphatic carbocycles. The summed E-state index contributed by atoms with van der Waals surface area (Å²) in [5.74, 6) is 0. The van der Waals surface area contributed by atoms with Crippen LogP contribution in [0.1, 0.15) is 56.2 Å². The maximum atomic E-state index is 5.71. The lowest BCUT2D eigenvalue weighted by Crippen LogP contribution is -2.21. The van der Waals surface area contributed by atoms with E-state index in [1.165, 1.54) is 47.7 Å². The van der Waals surface area contributed by atoms with E-state index in [0.717, 1.165) is 13.2 Å². The van der Waals surface area contributed by atoms with Crippen molar-refractivity contribution < 1.29 is 4.74 Å². The molecule has 1 saturated heterocycles. The van der Waals surface area contributed by atoms with Crippen LogP contribution in [-0.4, -0.2) is 19.3 Å². The number of benzene rings is 1. The minimum atomic E-state index is 0.457. The average Bonchev–Trinajstić information content (AvgIpc) is 2.94. The minimum absolute atomic E-state index is 0.457. The fourth-order valence-corrected chi connectivity index (χ4v) is 3.28. The van der Waals surface area contributed by atoms with Crippen LogP contribution in [0.2, 0.25) is 0 Å². The van der Waals surface area contributed by atoms with Crippen molar-refractivity contribution in [1.82, 2.24) is 5.32 Å². The van der Waals surface area contributed by atoms with E-state index in [1.54, 1.807) is 0 Å². The molecular weight excluding hydrogens is 314 g/mol. The first kappa shape index (κ1) is 16.0. The van der Waals surface area contributed by atoms with Crippen LogP contribution in [-0.2, 0) is 4.74 Å². The van der Waals surface area contributed by atoms with E-state index in [2.05, 4.69) is 53.3 Å². The van der Waals surface area contributed by atoms with Crippen molar-refractivity contribution in [3.8, 4) is 0 Å². The third-order valence-corrected chi connectivity index (χ3v) is 4.95. The second-order valence-corrected chi connectivity index (χ2v) is 6.54. The molecule has 0 spiro atoms. The second-order valence-electron chi connectivity index (χ2n) is 5.68. The molecule has 1 aliphatic rings. The van der Waals surface area contributed by atoms with Gasteiger partial charge in [0.25, 0.3) is 0 Å². The predicted molar refractivity (Wildman–Crippen MR) is 88.1 cm³/mol. The first-order chi connectivity index (χ1) is 9.70. The summed E-state index contributed by atoms with van der Waals surface area (Å²) in [5.41, 5.74) is 2.68. The normalized spacial score (nSPS) is 20.2. The van der Waals surface area contributed by atoms with Gasteiger partial charge in [0, 0.05) is 17.1 Å². The monoisotopic (exact) mass is 339 g/mol. The molecule has 0 bridgehead atoms. The highest BCUT2D eigenvalue weighted by molar-refractivity contribution is 9.10. The van der Waals surface area contributed by atoms with Crippen molar-refractivity contribution >= 4 is 15.9 Å². The molecular formula is C17H26BrNO. The van der Waals surface area contributed by atoms with E-state index >= 15 is 0 Å². The van der Waals surface area contributed by atoms with Crippen molar-refractivity contribution in [2.75, 3.05) is 13.2 Å². The molecule has 112 valence electrons.